The third-order valence-corrected chi connectivity index (χ3v) is 8.43. The van der Waals surface area contributed by atoms with E-state index < -0.39 is 15.9 Å². The van der Waals surface area contributed by atoms with Crippen LogP contribution in [0.1, 0.15) is 17.8 Å². The van der Waals surface area contributed by atoms with Crippen molar-refractivity contribution in [2.24, 2.45) is 5.92 Å². The van der Waals surface area contributed by atoms with E-state index in [0.717, 1.165) is 16.3 Å². The quantitative estimate of drug-likeness (QED) is 0.522. The molecule has 2 aromatic carbocycles. The second-order valence-corrected chi connectivity index (χ2v) is 11.0. The molecule has 4 rings (SSSR count). The molecule has 1 amide bonds. The van der Waals surface area contributed by atoms with Crippen LogP contribution in [0.25, 0.3) is 11.3 Å². The Morgan fingerprint density at radius 3 is 2.65 bits per heavy atom. The van der Waals surface area contributed by atoms with Crippen LogP contribution >= 0.6 is 11.3 Å². The highest BCUT2D eigenvalue weighted by Crippen LogP contribution is 2.32. The molecule has 34 heavy (non-hydrogen) atoms. The molecule has 180 valence electrons. The van der Waals surface area contributed by atoms with Gasteiger partial charge in [-0.15, -0.1) is 11.3 Å². The normalized spacial score (nSPS) is 16.7. The Kier molecular flexibility index (Phi) is 7.20. The number of thiazole rings is 1. The Labute approximate surface area is 203 Å². The molecule has 0 aliphatic carbocycles. The molecule has 1 fully saturated rings. The number of carbonyl (C=O) groups is 1. The molecule has 2 heterocycles. The monoisotopic (exact) mass is 501 g/mol. The van der Waals surface area contributed by atoms with Gasteiger partial charge in [0.05, 0.1) is 35.7 Å². The molecule has 8 nitrogen and oxygen atoms in total. The van der Waals surface area contributed by atoms with Gasteiger partial charge in [0.15, 0.2) is 11.5 Å². The highest BCUT2D eigenvalue weighted by Gasteiger charge is 2.34. The summed E-state index contributed by atoms with van der Waals surface area (Å²) >= 11 is 1.57. The van der Waals surface area contributed by atoms with Gasteiger partial charge in [0.25, 0.3) is 0 Å². The maximum absolute atomic E-state index is 13.3. The van der Waals surface area contributed by atoms with Crippen LogP contribution in [0, 0.1) is 12.8 Å². The topological polar surface area (TPSA) is 97.8 Å². The molecule has 1 aromatic heterocycles. The van der Waals surface area contributed by atoms with Crippen molar-refractivity contribution >= 4 is 33.0 Å². The van der Waals surface area contributed by atoms with Crippen molar-refractivity contribution in [1.29, 1.82) is 0 Å². The van der Waals surface area contributed by atoms with Gasteiger partial charge in [-0.25, -0.2) is 13.4 Å². The zero-order chi connectivity index (χ0) is 24.3. The molecule has 1 atom stereocenters. The predicted octanol–water partition coefficient (Wildman–Crippen LogP) is 4.18. The largest absolute Gasteiger partial charge is 0.493 e. The van der Waals surface area contributed by atoms with Crippen LogP contribution in [-0.4, -0.2) is 50.9 Å². The maximum atomic E-state index is 13.3. The SMILES string of the molecule is COc1ccc(S(=O)(=O)N2CCCC(C(=O)Nc3cccc(-c4csc(C)n4)c3)C2)cc1OC. The number of hydrogen-bond donors (Lipinski definition) is 1. The van der Waals surface area contributed by atoms with Crippen molar-refractivity contribution in [3.05, 3.63) is 52.9 Å². The Morgan fingerprint density at radius 1 is 1.15 bits per heavy atom. The summed E-state index contributed by atoms with van der Waals surface area (Å²) in [6.45, 7) is 2.43. The minimum absolute atomic E-state index is 0.109. The standard InChI is InChI=1S/C24H27N3O5S2/c1-16-25-21(15-33-16)17-6-4-8-19(12-17)26-24(28)18-7-5-11-27(14-18)34(29,30)20-9-10-22(31-2)23(13-20)32-3/h4,6,8-10,12-13,15,18H,5,7,11,14H2,1-3H3,(H,26,28). The average molecular weight is 502 g/mol. The van der Waals surface area contributed by atoms with E-state index in [1.165, 1.54) is 30.7 Å². The van der Waals surface area contributed by atoms with Crippen LogP contribution in [0.3, 0.4) is 0 Å². The van der Waals surface area contributed by atoms with Crippen LogP contribution in [0.4, 0.5) is 5.69 Å². The van der Waals surface area contributed by atoms with Crippen molar-refractivity contribution in [2.75, 3.05) is 32.6 Å². The highest BCUT2D eigenvalue weighted by molar-refractivity contribution is 7.89. The zero-order valence-electron chi connectivity index (χ0n) is 19.3. The molecule has 1 N–H and O–H groups in total. The van der Waals surface area contributed by atoms with Crippen molar-refractivity contribution in [1.82, 2.24) is 9.29 Å². The number of methoxy groups -OCH3 is 2. The van der Waals surface area contributed by atoms with Gasteiger partial charge >= 0.3 is 0 Å². The van der Waals surface area contributed by atoms with Crippen molar-refractivity contribution in [3.8, 4) is 22.8 Å². The minimum Gasteiger partial charge on any atom is -0.493 e. The second kappa shape index (κ2) is 10.1. The zero-order valence-corrected chi connectivity index (χ0v) is 20.9. The maximum Gasteiger partial charge on any atom is 0.243 e. The smallest absolute Gasteiger partial charge is 0.243 e. The first-order valence-electron chi connectivity index (χ1n) is 10.9. The van der Waals surface area contributed by atoms with Crippen LogP contribution < -0.4 is 14.8 Å². The van der Waals surface area contributed by atoms with Crippen LogP contribution in [0.2, 0.25) is 0 Å². The fourth-order valence-electron chi connectivity index (χ4n) is 4.00. The molecule has 0 saturated carbocycles. The number of rotatable bonds is 7. The lowest BCUT2D eigenvalue weighted by atomic mass is 9.98. The first kappa shape index (κ1) is 24.2. The van der Waals surface area contributed by atoms with Gasteiger partial charge in [-0.2, -0.15) is 4.31 Å². The molecule has 0 radical (unpaired) electrons. The number of aryl methyl sites for hydroxylation is 1. The number of piperidine rings is 1. The molecule has 1 saturated heterocycles. The van der Waals surface area contributed by atoms with E-state index in [4.69, 9.17) is 9.47 Å². The molecule has 1 aliphatic heterocycles. The van der Waals surface area contributed by atoms with Crippen molar-refractivity contribution in [2.45, 2.75) is 24.7 Å². The number of benzene rings is 2. The summed E-state index contributed by atoms with van der Waals surface area (Å²) in [5.74, 6) is 0.144. The van der Waals surface area contributed by atoms with E-state index in [9.17, 15) is 13.2 Å². The summed E-state index contributed by atoms with van der Waals surface area (Å²) in [7, 11) is -0.837. The lowest BCUT2D eigenvalue weighted by Gasteiger charge is -2.31. The number of carbonyl (C=O) groups excluding carboxylic acids is 1. The highest BCUT2D eigenvalue weighted by atomic mass is 32.2. The fourth-order valence-corrected chi connectivity index (χ4v) is 6.16. The predicted molar refractivity (Wildman–Crippen MR) is 132 cm³/mol. The summed E-state index contributed by atoms with van der Waals surface area (Å²) in [6.07, 6.45) is 1.22. The van der Waals surface area contributed by atoms with E-state index in [2.05, 4.69) is 10.3 Å². The Morgan fingerprint density at radius 2 is 1.94 bits per heavy atom. The second-order valence-electron chi connectivity index (χ2n) is 8.04. The molecule has 1 aliphatic rings. The Balaban J connectivity index is 1.48. The number of amides is 1. The van der Waals surface area contributed by atoms with Crippen molar-refractivity contribution in [3.63, 3.8) is 0 Å². The van der Waals surface area contributed by atoms with Crippen LogP contribution in [0.5, 0.6) is 11.5 Å². The molecule has 10 heteroatoms. The van der Waals surface area contributed by atoms with Gasteiger partial charge in [-0.05, 0) is 44.0 Å². The molecule has 0 spiro atoms. The first-order chi connectivity index (χ1) is 16.3. The molecule has 3 aromatic rings. The van der Waals surface area contributed by atoms with E-state index in [1.54, 1.807) is 17.4 Å². The van der Waals surface area contributed by atoms with E-state index in [-0.39, 0.29) is 17.3 Å². The molecule has 1 unspecified atom stereocenters. The minimum atomic E-state index is -3.79. The van der Waals surface area contributed by atoms with Gasteiger partial charge < -0.3 is 14.8 Å². The van der Waals surface area contributed by atoms with Crippen LogP contribution in [-0.2, 0) is 14.8 Å². The molecular weight excluding hydrogens is 474 g/mol. The number of nitrogens with one attached hydrogen (secondary N) is 1. The Hall–Kier alpha value is -2.95. The molecule has 0 bridgehead atoms. The van der Waals surface area contributed by atoms with Gasteiger partial charge in [-0.3, -0.25) is 4.79 Å². The number of nitrogens with zero attached hydrogens (tertiary/aromatic N) is 2. The fraction of sp³-hybridized carbons (Fsp3) is 0.333. The third-order valence-electron chi connectivity index (χ3n) is 5.79. The number of sulfonamides is 1. The number of hydrogen-bond acceptors (Lipinski definition) is 7. The summed E-state index contributed by atoms with van der Waals surface area (Å²) < 4.78 is 38.4. The number of anilines is 1. The van der Waals surface area contributed by atoms with E-state index in [0.29, 0.717) is 36.6 Å². The summed E-state index contributed by atoms with van der Waals surface area (Å²) in [5.41, 5.74) is 2.44. The Bertz CT molecular complexity index is 1290. The van der Waals surface area contributed by atoms with Gasteiger partial charge in [-0.1, -0.05) is 12.1 Å². The lowest BCUT2D eigenvalue weighted by Crippen LogP contribution is -2.43. The van der Waals surface area contributed by atoms with Crippen LogP contribution in [0.15, 0.2) is 52.7 Å². The van der Waals surface area contributed by atoms with E-state index >= 15 is 0 Å². The van der Waals surface area contributed by atoms with Gasteiger partial charge in [0.2, 0.25) is 15.9 Å². The summed E-state index contributed by atoms with van der Waals surface area (Å²) in [4.78, 5) is 17.6. The van der Waals surface area contributed by atoms with Crippen molar-refractivity contribution < 1.29 is 22.7 Å². The average Bonchev–Trinajstić information content (AvgIpc) is 3.30. The first-order valence-corrected chi connectivity index (χ1v) is 13.2. The molecular formula is C24H27N3O5S2. The summed E-state index contributed by atoms with van der Waals surface area (Å²) in [6, 6.07) is 12.0. The number of ether oxygens (including phenoxy) is 2. The third kappa shape index (κ3) is 5.08. The van der Waals surface area contributed by atoms with Gasteiger partial charge in [0.1, 0.15) is 0 Å². The summed E-state index contributed by atoms with van der Waals surface area (Å²) in [5, 5.41) is 5.91. The van der Waals surface area contributed by atoms with Gasteiger partial charge in [0, 0.05) is 35.8 Å². The lowest BCUT2D eigenvalue weighted by molar-refractivity contribution is -0.120. The van der Waals surface area contributed by atoms with E-state index in [1.807, 2.05) is 36.6 Å². The number of aromatic nitrogens is 1.